The molecule has 0 amide bonds. The van der Waals surface area contributed by atoms with E-state index in [1.54, 1.807) is 22.8 Å². The van der Waals surface area contributed by atoms with Crippen molar-refractivity contribution in [1.82, 2.24) is 9.29 Å². The predicted molar refractivity (Wildman–Crippen MR) is 106 cm³/mol. The lowest BCUT2D eigenvalue weighted by molar-refractivity contribution is 0.567. The quantitative estimate of drug-likeness (QED) is 0.722. The maximum Gasteiger partial charge on any atom is 0.308 e. The summed E-state index contributed by atoms with van der Waals surface area (Å²) in [6.45, 7) is 8.31. The highest BCUT2D eigenvalue weighted by atomic mass is 32.2. The zero-order valence-corrected chi connectivity index (χ0v) is 16.9. The van der Waals surface area contributed by atoms with Crippen LogP contribution in [-0.2, 0) is 16.6 Å². The van der Waals surface area contributed by atoms with Crippen LogP contribution in [0, 0.1) is 13.8 Å². The Balaban J connectivity index is 1.93. The molecule has 1 aromatic heterocycles. The molecule has 2 aromatic carbocycles. The number of rotatable bonds is 5. The minimum Gasteiger partial charge on any atom is -0.299 e. The molecule has 7 heteroatoms. The van der Waals surface area contributed by atoms with E-state index in [1.807, 2.05) is 45.9 Å². The molecule has 0 radical (unpaired) electrons. The van der Waals surface area contributed by atoms with Crippen molar-refractivity contribution >= 4 is 31.6 Å². The van der Waals surface area contributed by atoms with Gasteiger partial charge in [-0.25, -0.2) is 13.1 Å². The predicted octanol–water partition coefficient (Wildman–Crippen LogP) is 3.74. The second-order valence-corrected chi connectivity index (χ2v) is 9.14. The van der Waals surface area contributed by atoms with Crippen molar-refractivity contribution < 1.29 is 8.42 Å². The van der Waals surface area contributed by atoms with Crippen molar-refractivity contribution in [2.24, 2.45) is 0 Å². The van der Waals surface area contributed by atoms with Crippen molar-refractivity contribution in [3.05, 3.63) is 62.8 Å². The van der Waals surface area contributed by atoms with Gasteiger partial charge < -0.3 is 0 Å². The number of hydrogen-bond acceptors (Lipinski definition) is 4. The van der Waals surface area contributed by atoms with Gasteiger partial charge in [0.1, 0.15) is 0 Å². The minimum atomic E-state index is -3.69. The third-order valence-corrected chi connectivity index (χ3v) is 7.11. The Morgan fingerprint density at radius 1 is 1.12 bits per heavy atom. The molecule has 0 aliphatic rings. The molecule has 5 nitrogen and oxygen atoms in total. The lowest BCUT2D eigenvalue weighted by Crippen LogP contribution is -2.27. The monoisotopic (exact) mass is 390 g/mol. The molecule has 3 aromatic rings. The summed E-state index contributed by atoms with van der Waals surface area (Å²) < 4.78 is 30.6. The third-order valence-electron chi connectivity index (χ3n) is 4.63. The Hall–Kier alpha value is -1.96. The molecule has 3 rings (SSSR count). The van der Waals surface area contributed by atoms with Gasteiger partial charge in [-0.3, -0.25) is 9.36 Å². The molecule has 0 fully saturated rings. The summed E-state index contributed by atoms with van der Waals surface area (Å²) in [4.78, 5) is 12.1. The van der Waals surface area contributed by atoms with Crippen LogP contribution in [0.15, 0.2) is 46.1 Å². The molecular weight excluding hydrogens is 368 g/mol. The lowest BCUT2D eigenvalue weighted by atomic mass is 10.0. The van der Waals surface area contributed by atoms with Gasteiger partial charge in [-0.05, 0) is 62.6 Å². The molecule has 0 saturated carbocycles. The molecule has 1 atom stereocenters. The van der Waals surface area contributed by atoms with E-state index in [0.29, 0.717) is 11.2 Å². The maximum atomic E-state index is 12.8. The summed E-state index contributed by atoms with van der Waals surface area (Å²) in [6, 6.07) is 10.4. The summed E-state index contributed by atoms with van der Waals surface area (Å²) in [6.07, 6.45) is 0. The highest BCUT2D eigenvalue weighted by Gasteiger charge is 2.20. The number of aromatic nitrogens is 1. The van der Waals surface area contributed by atoms with E-state index < -0.39 is 10.0 Å². The number of aryl methyl sites for hydroxylation is 3. The lowest BCUT2D eigenvalue weighted by Gasteiger charge is -2.16. The molecule has 138 valence electrons. The van der Waals surface area contributed by atoms with Gasteiger partial charge in [-0.2, -0.15) is 0 Å². The molecule has 0 saturated heterocycles. The number of hydrogen-bond donors (Lipinski definition) is 1. The molecular formula is C19H22N2O3S2. The minimum absolute atomic E-state index is 0.0755. The summed E-state index contributed by atoms with van der Waals surface area (Å²) in [5.74, 6) is 0. The van der Waals surface area contributed by atoms with Gasteiger partial charge in [0.25, 0.3) is 0 Å². The van der Waals surface area contributed by atoms with E-state index in [9.17, 15) is 13.2 Å². The average Bonchev–Trinajstić information content (AvgIpc) is 2.90. The molecule has 26 heavy (non-hydrogen) atoms. The standard InChI is InChI=1S/C19H22N2O3S2/c1-5-21-17-9-8-16(11-18(17)25-19(21)22)26(23,24)20-14(4)15-7-6-12(2)13(3)10-15/h6-11,14,20H,5H2,1-4H3/t14-/m1/s1. The fraction of sp³-hybridized carbons (Fsp3) is 0.316. The van der Waals surface area contributed by atoms with Gasteiger partial charge >= 0.3 is 4.87 Å². The third kappa shape index (κ3) is 3.47. The normalized spacial score (nSPS) is 13.2. The first-order valence-corrected chi connectivity index (χ1v) is 10.8. The molecule has 0 spiro atoms. The Morgan fingerprint density at radius 2 is 1.85 bits per heavy atom. The second-order valence-electron chi connectivity index (χ2n) is 6.43. The van der Waals surface area contributed by atoms with Crippen molar-refractivity contribution in [3.8, 4) is 0 Å². The molecule has 0 aliphatic carbocycles. The first kappa shape index (κ1) is 18.8. The van der Waals surface area contributed by atoms with Crippen LogP contribution in [0.5, 0.6) is 0 Å². The fourth-order valence-electron chi connectivity index (χ4n) is 2.92. The van der Waals surface area contributed by atoms with Gasteiger partial charge in [0.2, 0.25) is 10.0 Å². The summed E-state index contributed by atoms with van der Waals surface area (Å²) >= 11 is 1.07. The number of sulfonamides is 1. The van der Waals surface area contributed by atoms with Crippen LogP contribution in [0.2, 0.25) is 0 Å². The molecule has 1 N–H and O–H groups in total. The maximum absolute atomic E-state index is 12.8. The van der Waals surface area contributed by atoms with Gasteiger partial charge in [-0.1, -0.05) is 29.5 Å². The molecule has 0 bridgehead atoms. The number of fused-ring (bicyclic) bond motifs is 1. The van der Waals surface area contributed by atoms with Crippen molar-refractivity contribution in [1.29, 1.82) is 0 Å². The van der Waals surface area contributed by atoms with Crippen molar-refractivity contribution in [2.75, 3.05) is 0 Å². The summed E-state index contributed by atoms with van der Waals surface area (Å²) in [7, 11) is -3.69. The Morgan fingerprint density at radius 3 is 2.50 bits per heavy atom. The number of thiazole rings is 1. The number of nitrogens with zero attached hydrogens (tertiary/aromatic N) is 1. The van der Waals surface area contributed by atoms with Crippen LogP contribution < -0.4 is 9.60 Å². The number of nitrogens with one attached hydrogen (secondary N) is 1. The first-order chi connectivity index (χ1) is 12.2. The highest BCUT2D eigenvalue weighted by molar-refractivity contribution is 7.89. The SMILES string of the molecule is CCn1c(=O)sc2cc(S(=O)(=O)N[C@H](C)c3ccc(C)c(C)c3)ccc21. The Kier molecular flexibility index (Phi) is 5.05. The van der Waals surface area contributed by atoms with Crippen LogP contribution in [0.25, 0.3) is 10.2 Å². The van der Waals surface area contributed by atoms with Gasteiger partial charge in [0.15, 0.2) is 0 Å². The van der Waals surface area contributed by atoms with Crippen LogP contribution in [-0.4, -0.2) is 13.0 Å². The van der Waals surface area contributed by atoms with Crippen molar-refractivity contribution in [2.45, 2.75) is 45.2 Å². The molecule has 1 heterocycles. The van der Waals surface area contributed by atoms with Crippen LogP contribution in [0.4, 0.5) is 0 Å². The van der Waals surface area contributed by atoms with Crippen LogP contribution in [0.1, 0.15) is 36.6 Å². The number of benzene rings is 2. The fourth-order valence-corrected chi connectivity index (χ4v) is 5.24. The summed E-state index contributed by atoms with van der Waals surface area (Å²) in [5, 5.41) is 0. The average molecular weight is 391 g/mol. The van der Waals surface area contributed by atoms with Crippen molar-refractivity contribution in [3.63, 3.8) is 0 Å². The van der Waals surface area contributed by atoms with E-state index in [4.69, 9.17) is 0 Å². The zero-order chi connectivity index (χ0) is 19.1. The van der Waals surface area contributed by atoms with Crippen LogP contribution >= 0.6 is 11.3 Å². The first-order valence-electron chi connectivity index (χ1n) is 8.46. The second kappa shape index (κ2) is 6.98. The van der Waals surface area contributed by atoms with E-state index in [2.05, 4.69) is 4.72 Å². The largest absolute Gasteiger partial charge is 0.308 e. The Labute approximate surface area is 157 Å². The van der Waals surface area contributed by atoms with Crippen LogP contribution in [0.3, 0.4) is 0 Å². The van der Waals surface area contributed by atoms with E-state index in [-0.39, 0.29) is 15.8 Å². The van der Waals surface area contributed by atoms with Gasteiger partial charge in [0, 0.05) is 12.6 Å². The Bertz CT molecular complexity index is 1130. The topological polar surface area (TPSA) is 68.2 Å². The molecule has 0 aliphatic heterocycles. The summed E-state index contributed by atoms with van der Waals surface area (Å²) in [5.41, 5.74) is 3.98. The van der Waals surface area contributed by atoms with Gasteiger partial charge in [0.05, 0.1) is 15.1 Å². The smallest absolute Gasteiger partial charge is 0.299 e. The van der Waals surface area contributed by atoms with E-state index in [1.165, 1.54) is 5.56 Å². The molecule has 0 unspecified atom stereocenters. The van der Waals surface area contributed by atoms with E-state index >= 15 is 0 Å². The van der Waals surface area contributed by atoms with Gasteiger partial charge in [-0.15, -0.1) is 0 Å². The zero-order valence-electron chi connectivity index (χ0n) is 15.2. The highest BCUT2D eigenvalue weighted by Crippen LogP contribution is 2.24. The van der Waals surface area contributed by atoms with E-state index in [0.717, 1.165) is 28.0 Å².